The number of halogens is 1. The standard InChI is InChI=1S/C16H24ClN/c1-11-7-12(2)15(13(3)8-11)10-18-6-5-16(17)14(4)9-18/h7-8,14,16H,5-6,9-10H2,1-4H3. The van der Waals surface area contributed by atoms with Gasteiger partial charge in [-0.3, -0.25) is 4.90 Å². The van der Waals surface area contributed by atoms with Gasteiger partial charge in [-0.2, -0.15) is 0 Å². The summed E-state index contributed by atoms with van der Waals surface area (Å²) in [5.41, 5.74) is 5.71. The first-order valence-electron chi connectivity index (χ1n) is 6.90. The smallest absolute Gasteiger partial charge is 0.0386 e. The highest BCUT2D eigenvalue weighted by Gasteiger charge is 2.24. The topological polar surface area (TPSA) is 3.24 Å². The molecule has 0 aromatic heterocycles. The van der Waals surface area contributed by atoms with Crippen LogP contribution in [0.15, 0.2) is 12.1 Å². The summed E-state index contributed by atoms with van der Waals surface area (Å²) < 4.78 is 0. The van der Waals surface area contributed by atoms with Gasteiger partial charge in [0.1, 0.15) is 0 Å². The maximum atomic E-state index is 6.29. The van der Waals surface area contributed by atoms with Crippen molar-refractivity contribution in [2.75, 3.05) is 13.1 Å². The zero-order valence-corrected chi connectivity index (χ0v) is 12.7. The fraction of sp³-hybridized carbons (Fsp3) is 0.625. The third-order valence-corrected chi connectivity index (χ3v) is 4.76. The number of rotatable bonds is 2. The summed E-state index contributed by atoms with van der Waals surface area (Å²) in [6.45, 7) is 12.2. The molecule has 0 spiro atoms. The number of benzene rings is 1. The molecule has 0 aliphatic carbocycles. The second-order valence-corrected chi connectivity index (χ2v) is 6.45. The van der Waals surface area contributed by atoms with Crippen molar-refractivity contribution in [2.24, 2.45) is 5.92 Å². The van der Waals surface area contributed by atoms with E-state index in [2.05, 4.69) is 44.7 Å². The molecule has 1 saturated heterocycles. The largest absolute Gasteiger partial charge is 0.299 e. The Labute approximate surface area is 116 Å². The lowest BCUT2D eigenvalue weighted by molar-refractivity contribution is 0.179. The molecule has 0 N–H and O–H groups in total. The lowest BCUT2D eigenvalue weighted by Crippen LogP contribution is -2.39. The molecule has 18 heavy (non-hydrogen) atoms. The van der Waals surface area contributed by atoms with Crippen molar-refractivity contribution in [1.29, 1.82) is 0 Å². The molecule has 2 unspecified atom stereocenters. The Morgan fingerprint density at radius 3 is 2.39 bits per heavy atom. The molecule has 0 saturated carbocycles. The first-order chi connectivity index (χ1) is 8.47. The molecule has 100 valence electrons. The van der Waals surface area contributed by atoms with E-state index in [1.54, 1.807) is 0 Å². The summed E-state index contributed by atoms with van der Waals surface area (Å²) in [6, 6.07) is 4.58. The summed E-state index contributed by atoms with van der Waals surface area (Å²) in [7, 11) is 0. The molecule has 1 heterocycles. The number of aryl methyl sites for hydroxylation is 3. The van der Waals surface area contributed by atoms with Crippen LogP contribution in [0.5, 0.6) is 0 Å². The van der Waals surface area contributed by atoms with Crippen molar-refractivity contribution in [3.63, 3.8) is 0 Å². The summed E-state index contributed by atoms with van der Waals surface area (Å²) in [4.78, 5) is 2.55. The number of hydrogen-bond acceptors (Lipinski definition) is 1. The SMILES string of the molecule is Cc1cc(C)c(CN2CCC(Cl)C(C)C2)c(C)c1. The maximum Gasteiger partial charge on any atom is 0.0386 e. The Kier molecular flexibility index (Phi) is 4.34. The fourth-order valence-corrected chi connectivity index (χ4v) is 3.21. The van der Waals surface area contributed by atoms with Crippen LogP contribution in [0.2, 0.25) is 0 Å². The van der Waals surface area contributed by atoms with Gasteiger partial charge in [-0.05, 0) is 56.3 Å². The summed E-state index contributed by atoms with van der Waals surface area (Å²) >= 11 is 6.29. The Bertz CT molecular complexity index is 404. The van der Waals surface area contributed by atoms with Crippen molar-refractivity contribution in [3.05, 3.63) is 34.4 Å². The first-order valence-corrected chi connectivity index (χ1v) is 7.34. The van der Waals surface area contributed by atoms with Crippen molar-refractivity contribution in [2.45, 2.75) is 46.0 Å². The molecule has 2 heteroatoms. The molecule has 2 atom stereocenters. The first kappa shape index (κ1) is 13.9. The third kappa shape index (κ3) is 3.07. The van der Waals surface area contributed by atoms with Crippen LogP contribution in [0.4, 0.5) is 0 Å². The van der Waals surface area contributed by atoms with Crippen LogP contribution < -0.4 is 0 Å². The zero-order chi connectivity index (χ0) is 13.3. The highest BCUT2D eigenvalue weighted by molar-refractivity contribution is 6.20. The van der Waals surface area contributed by atoms with E-state index in [9.17, 15) is 0 Å². The number of likely N-dealkylation sites (tertiary alicyclic amines) is 1. The van der Waals surface area contributed by atoms with Crippen LogP contribution in [0.25, 0.3) is 0 Å². The second kappa shape index (κ2) is 5.63. The molecule has 1 aromatic carbocycles. The Balaban J connectivity index is 2.10. The van der Waals surface area contributed by atoms with Gasteiger partial charge in [0.2, 0.25) is 0 Å². The molecule has 1 fully saturated rings. The summed E-state index contributed by atoms with van der Waals surface area (Å²) in [6.07, 6.45) is 1.12. The predicted octanol–water partition coefficient (Wildman–Crippen LogP) is 4.06. The van der Waals surface area contributed by atoms with Crippen LogP contribution >= 0.6 is 11.6 Å². The van der Waals surface area contributed by atoms with Crippen LogP contribution in [0.1, 0.15) is 35.6 Å². The van der Waals surface area contributed by atoms with E-state index in [-0.39, 0.29) is 0 Å². The average Bonchev–Trinajstić information content (AvgIpc) is 2.28. The van der Waals surface area contributed by atoms with Gasteiger partial charge < -0.3 is 0 Å². The summed E-state index contributed by atoms with van der Waals surface area (Å²) in [5, 5.41) is 0.362. The van der Waals surface area contributed by atoms with Crippen molar-refractivity contribution >= 4 is 11.6 Å². The number of hydrogen-bond donors (Lipinski definition) is 0. The molecule has 2 rings (SSSR count). The van der Waals surface area contributed by atoms with Crippen molar-refractivity contribution < 1.29 is 0 Å². The van der Waals surface area contributed by atoms with E-state index in [1.807, 2.05) is 0 Å². The van der Waals surface area contributed by atoms with Crippen molar-refractivity contribution in [1.82, 2.24) is 4.90 Å². The highest BCUT2D eigenvalue weighted by Crippen LogP contribution is 2.25. The molecular formula is C16H24ClN. The number of nitrogens with zero attached hydrogens (tertiary/aromatic N) is 1. The van der Waals surface area contributed by atoms with Gasteiger partial charge in [0.25, 0.3) is 0 Å². The van der Waals surface area contributed by atoms with Gasteiger partial charge in [0.15, 0.2) is 0 Å². The third-order valence-electron chi connectivity index (χ3n) is 4.11. The summed E-state index contributed by atoms with van der Waals surface area (Å²) in [5.74, 6) is 0.603. The lowest BCUT2D eigenvalue weighted by atomic mass is 9.96. The van der Waals surface area contributed by atoms with Gasteiger partial charge in [-0.1, -0.05) is 24.6 Å². The molecule has 1 aliphatic heterocycles. The molecule has 1 aromatic rings. The van der Waals surface area contributed by atoms with Gasteiger partial charge in [0, 0.05) is 18.5 Å². The van der Waals surface area contributed by atoms with Crippen molar-refractivity contribution in [3.8, 4) is 0 Å². The van der Waals surface area contributed by atoms with E-state index >= 15 is 0 Å². The van der Waals surface area contributed by atoms with Crippen LogP contribution in [0, 0.1) is 26.7 Å². The molecule has 0 radical (unpaired) electrons. The van der Waals surface area contributed by atoms with Gasteiger partial charge in [0.05, 0.1) is 0 Å². The Morgan fingerprint density at radius 2 is 1.83 bits per heavy atom. The predicted molar refractivity (Wildman–Crippen MR) is 79.4 cm³/mol. The Morgan fingerprint density at radius 1 is 1.22 bits per heavy atom. The number of piperidine rings is 1. The van der Waals surface area contributed by atoms with E-state index in [1.165, 1.54) is 22.3 Å². The van der Waals surface area contributed by atoms with Gasteiger partial charge >= 0.3 is 0 Å². The quantitative estimate of drug-likeness (QED) is 0.729. The zero-order valence-electron chi connectivity index (χ0n) is 12.0. The Hall–Kier alpha value is -0.530. The lowest BCUT2D eigenvalue weighted by Gasteiger charge is -2.34. The van der Waals surface area contributed by atoms with E-state index in [4.69, 9.17) is 11.6 Å². The van der Waals surface area contributed by atoms with E-state index in [0.717, 1.165) is 26.1 Å². The van der Waals surface area contributed by atoms with Crippen LogP contribution in [-0.2, 0) is 6.54 Å². The van der Waals surface area contributed by atoms with E-state index in [0.29, 0.717) is 11.3 Å². The van der Waals surface area contributed by atoms with Crippen LogP contribution in [0.3, 0.4) is 0 Å². The molecule has 0 amide bonds. The van der Waals surface area contributed by atoms with Crippen LogP contribution in [-0.4, -0.2) is 23.4 Å². The van der Waals surface area contributed by atoms with Gasteiger partial charge in [-0.25, -0.2) is 0 Å². The molecular weight excluding hydrogens is 242 g/mol. The average molecular weight is 266 g/mol. The second-order valence-electron chi connectivity index (χ2n) is 5.89. The minimum absolute atomic E-state index is 0.362. The normalized spacial score (nSPS) is 25.4. The molecule has 1 nitrogen and oxygen atoms in total. The minimum atomic E-state index is 0.362. The molecule has 1 aliphatic rings. The van der Waals surface area contributed by atoms with E-state index < -0.39 is 0 Å². The molecule has 0 bridgehead atoms. The number of alkyl halides is 1. The minimum Gasteiger partial charge on any atom is -0.299 e. The fourth-order valence-electron chi connectivity index (χ4n) is 3.03. The highest BCUT2D eigenvalue weighted by atomic mass is 35.5. The monoisotopic (exact) mass is 265 g/mol. The van der Waals surface area contributed by atoms with Gasteiger partial charge in [-0.15, -0.1) is 11.6 Å². The maximum absolute atomic E-state index is 6.29.